The first-order valence-corrected chi connectivity index (χ1v) is 6.59. The molecule has 2 aromatic rings. The summed E-state index contributed by atoms with van der Waals surface area (Å²) in [6, 6.07) is 8.49. The number of nitrogens with zero attached hydrogens (tertiary/aromatic N) is 1. The van der Waals surface area contributed by atoms with E-state index in [1.807, 2.05) is 12.4 Å². The van der Waals surface area contributed by atoms with Crippen molar-refractivity contribution in [2.75, 3.05) is 6.54 Å². The molecule has 1 N–H and O–H groups in total. The molecule has 0 aliphatic carbocycles. The fraction of sp³-hybridized carbons (Fsp3) is 0.438. The number of fused-ring (bicyclic) bond motifs is 1. The van der Waals surface area contributed by atoms with Gasteiger partial charge in [-0.2, -0.15) is 0 Å². The Morgan fingerprint density at radius 2 is 2.00 bits per heavy atom. The van der Waals surface area contributed by atoms with Gasteiger partial charge in [0, 0.05) is 24.3 Å². The van der Waals surface area contributed by atoms with Crippen molar-refractivity contribution >= 4 is 10.8 Å². The van der Waals surface area contributed by atoms with E-state index < -0.39 is 0 Å². The average molecular weight is 242 g/mol. The van der Waals surface area contributed by atoms with Gasteiger partial charge in [0.05, 0.1) is 0 Å². The average Bonchev–Trinajstić information content (AvgIpc) is 2.33. The molecule has 0 fully saturated rings. The molecule has 0 amide bonds. The zero-order valence-corrected chi connectivity index (χ0v) is 11.5. The van der Waals surface area contributed by atoms with E-state index in [9.17, 15) is 0 Å². The van der Waals surface area contributed by atoms with Gasteiger partial charge in [0.15, 0.2) is 0 Å². The third-order valence-electron chi connectivity index (χ3n) is 3.14. The summed E-state index contributed by atoms with van der Waals surface area (Å²) in [5, 5.41) is 6.05. The number of hydrogen-bond donors (Lipinski definition) is 1. The van der Waals surface area contributed by atoms with Crippen molar-refractivity contribution in [1.82, 2.24) is 10.3 Å². The number of aromatic nitrogens is 1. The fourth-order valence-corrected chi connectivity index (χ4v) is 2.03. The van der Waals surface area contributed by atoms with Crippen LogP contribution in [-0.2, 0) is 6.54 Å². The lowest BCUT2D eigenvalue weighted by atomic mass is 9.92. The predicted octanol–water partition coefficient (Wildman–Crippen LogP) is 3.76. The van der Waals surface area contributed by atoms with Crippen LogP contribution in [0.15, 0.2) is 36.7 Å². The van der Waals surface area contributed by atoms with E-state index in [0.717, 1.165) is 13.1 Å². The Labute approximate surface area is 109 Å². The number of nitrogens with one attached hydrogen (secondary N) is 1. The number of hydrogen-bond acceptors (Lipinski definition) is 2. The van der Waals surface area contributed by atoms with Crippen molar-refractivity contribution in [1.29, 1.82) is 0 Å². The van der Waals surface area contributed by atoms with Crippen molar-refractivity contribution in [3.05, 3.63) is 42.2 Å². The Bertz CT molecular complexity index is 506. The minimum atomic E-state index is 0.398. The molecule has 96 valence electrons. The maximum atomic E-state index is 4.16. The third kappa shape index (κ3) is 3.54. The molecule has 1 aromatic carbocycles. The normalized spacial score (nSPS) is 11.9. The first-order valence-electron chi connectivity index (χ1n) is 6.59. The Morgan fingerprint density at radius 3 is 2.78 bits per heavy atom. The maximum absolute atomic E-state index is 4.16. The summed E-state index contributed by atoms with van der Waals surface area (Å²) < 4.78 is 0. The smallest absolute Gasteiger partial charge is 0.0346 e. The van der Waals surface area contributed by atoms with Crippen molar-refractivity contribution in [2.45, 2.75) is 33.7 Å². The van der Waals surface area contributed by atoms with Gasteiger partial charge in [-0.3, -0.25) is 4.98 Å². The molecule has 0 atom stereocenters. The highest BCUT2D eigenvalue weighted by Crippen LogP contribution is 2.19. The summed E-state index contributed by atoms with van der Waals surface area (Å²) >= 11 is 0. The largest absolute Gasteiger partial charge is 0.313 e. The first-order chi connectivity index (χ1) is 8.56. The molecule has 2 heteroatoms. The molecule has 0 saturated heterocycles. The van der Waals surface area contributed by atoms with E-state index in [-0.39, 0.29) is 0 Å². The third-order valence-corrected chi connectivity index (χ3v) is 3.14. The van der Waals surface area contributed by atoms with Crippen molar-refractivity contribution < 1.29 is 0 Å². The zero-order valence-electron chi connectivity index (χ0n) is 11.5. The van der Waals surface area contributed by atoms with Crippen LogP contribution in [-0.4, -0.2) is 11.5 Å². The van der Waals surface area contributed by atoms with E-state index in [1.54, 1.807) is 0 Å². The fourth-order valence-electron chi connectivity index (χ4n) is 2.03. The second-order valence-electron chi connectivity index (χ2n) is 6.00. The van der Waals surface area contributed by atoms with Crippen LogP contribution < -0.4 is 5.32 Å². The second-order valence-corrected chi connectivity index (χ2v) is 6.00. The molecule has 0 aliphatic rings. The number of benzene rings is 1. The molecule has 0 saturated carbocycles. The van der Waals surface area contributed by atoms with E-state index in [2.05, 4.69) is 55.3 Å². The first kappa shape index (κ1) is 13.0. The van der Waals surface area contributed by atoms with Gasteiger partial charge in [0.1, 0.15) is 0 Å². The molecule has 1 heterocycles. The van der Waals surface area contributed by atoms with Crippen LogP contribution in [0.5, 0.6) is 0 Å². The molecule has 2 nitrogen and oxygen atoms in total. The molecular formula is C16H22N2. The Kier molecular flexibility index (Phi) is 3.97. The summed E-state index contributed by atoms with van der Waals surface area (Å²) in [4.78, 5) is 4.16. The van der Waals surface area contributed by atoms with Gasteiger partial charge in [-0.15, -0.1) is 0 Å². The van der Waals surface area contributed by atoms with Crippen molar-refractivity contribution in [2.24, 2.45) is 5.41 Å². The Morgan fingerprint density at radius 1 is 1.17 bits per heavy atom. The van der Waals surface area contributed by atoms with Gasteiger partial charge in [-0.05, 0) is 35.4 Å². The second kappa shape index (κ2) is 5.49. The van der Waals surface area contributed by atoms with Crippen LogP contribution in [0, 0.1) is 5.41 Å². The molecule has 0 aliphatic heterocycles. The van der Waals surface area contributed by atoms with Crippen LogP contribution in [0.2, 0.25) is 0 Å². The van der Waals surface area contributed by atoms with Crippen LogP contribution in [0.25, 0.3) is 10.8 Å². The quantitative estimate of drug-likeness (QED) is 0.826. The summed E-state index contributed by atoms with van der Waals surface area (Å²) in [7, 11) is 0. The summed E-state index contributed by atoms with van der Waals surface area (Å²) in [5.74, 6) is 0. The molecule has 18 heavy (non-hydrogen) atoms. The van der Waals surface area contributed by atoms with Gasteiger partial charge in [-0.1, -0.05) is 39.0 Å². The molecular weight excluding hydrogens is 220 g/mol. The summed E-state index contributed by atoms with van der Waals surface area (Å²) in [5.41, 5.74) is 1.75. The van der Waals surface area contributed by atoms with Crippen molar-refractivity contribution in [3.63, 3.8) is 0 Å². The molecule has 0 spiro atoms. The molecule has 2 rings (SSSR count). The van der Waals surface area contributed by atoms with Crippen LogP contribution in [0.1, 0.15) is 32.8 Å². The van der Waals surface area contributed by atoms with E-state index in [4.69, 9.17) is 0 Å². The molecule has 0 unspecified atom stereocenters. The van der Waals surface area contributed by atoms with Crippen LogP contribution in [0.4, 0.5) is 0 Å². The highest BCUT2D eigenvalue weighted by atomic mass is 14.8. The predicted molar refractivity (Wildman–Crippen MR) is 77.5 cm³/mol. The zero-order chi connectivity index (χ0) is 13.0. The Balaban J connectivity index is 2.00. The maximum Gasteiger partial charge on any atom is 0.0346 e. The number of rotatable bonds is 4. The van der Waals surface area contributed by atoms with Gasteiger partial charge in [-0.25, -0.2) is 0 Å². The summed E-state index contributed by atoms with van der Waals surface area (Å²) in [6.45, 7) is 8.82. The van der Waals surface area contributed by atoms with E-state index in [1.165, 1.54) is 22.8 Å². The Hall–Kier alpha value is -1.41. The van der Waals surface area contributed by atoms with Gasteiger partial charge in [0.2, 0.25) is 0 Å². The lowest BCUT2D eigenvalue weighted by Crippen LogP contribution is -2.20. The minimum absolute atomic E-state index is 0.398. The highest BCUT2D eigenvalue weighted by molar-refractivity contribution is 5.84. The van der Waals surface area contributed by atoms with Crippen LogP contribution in [0.3, 0.4) is 0 Å². The minimum Gasteiger partial charge on any atom is -0.313 e. The molecule has 0 radical (unpaired) electrons. The molecule has 1 aromatic heterocycles. The lowest BCUT2D eigenvalue weighted by molar-refractivity contribution is 0.367. The van der Waals surface area contributed by atoms with Crippen molar-refractivity contribution in [3.8, 4) is 0 Å². The van der Waals surface area contributed by atoms with E-state index >= 15 is 0 Å². The standard InChI is InChI=1S/C16H22N2/c1-16(2,3)8-10-18-12-14-6-4-5-13-11-17-9-7-15(13)14/h4-7,9,11,18H,8,10,12H2,1-3H3. The topological polar surface area (TPSA) is 24.9 Å². The summed E-state index contributed by atoms with van der Waals surface area (Å²) in [6.07, 6.45) is 4.98. The SMILES string of the molecule is CC(C)(C)CCNCc1cccc2cnccc12. The van der Waals surface area contributed by atoms with Crippen LogP contribution >= 0.6 is 0 Å². The monoisotopic (exact) mass is 242 g/mol. The highest BCUT2D eigenvalue weighted by Gasteiger charge is 2.08. The van der Waals surface area contributed by atoms with Gasteiger partial charge >= 0.3 is 0 Å². The lowest BCUT2D eigenvalue weighted by Gasteiger charge is -2.18. The van der Waals surface area contributed by atoms with Gasteiger partial charge in [0.25, 0.3) is 0 Å². The van der Waals surface area contributed by atoms with Gasteiger partial charge < -0.3 is 5.32 Å². The number of pyridine rings is 1. The van der Waals surface area contributed by atoms with E-state index in [0.29, 0.717) is 5.41 Å². The molecule has 0 bridgehead atoms.